The van der Waals surface area contributed by atoms with Crippen LogP contribution in [0, 0.1) is 17.2 Å². The minimum Gasteiger partial charge on any atom is -0.478 e. The zero-order chi connectivity index (χ0) is 22.8. The Morgan fingerprint density at radius 1 is 1.00 bits per heavy atom. The van der Waals surface area contributed by atoms with Crippen LogP contribution >= 0.6 is 0 Å². The summed E-state index contributed by atoms with van der Waals surface area (Å²) < 4.78 is 5.57. The number of piperidine rings is 1. The highest BCUT2D eigenvalue weighted by atomic mass is 16.5. The second kappa shape index (κ2) is 9.94. The average Bonchev–Trinajstić information content (AvgIpc) is 3.05. The molecule has 1 aromatic rings. The summed E-state index contributed by atoms with van der Waals surface area (Å²) in [6.45, 7) is 10.8. The van der Waals surface area contributed by atoms with Gasteiger partial charge in [-0.25, -0.2) is 0 Å². The molecule has 2 heterocycles. The van der Waals surface area contributed by atoms with Gasteiger partial charge in [-0.2, -0.15) is 0 Å². The molecule has 5 nitrogen and oxygen atoms in total. The van der Waals surface area contributed by atoms with Crippen molar-refractivity contribution < 1.29 is 9.53 Å². The van der Waals surface area contributed by atoms with Gasteiger partial charge in [-0.05, 0) is 75.8 Å². The van der Waals surface area contributed by atoms with Crippen LogP contribution in [0.4, 0.5) is 5.69 Å². The lowest BCUT2D eigenvalue weighted by Crippen LogP contribution is -2.50. The molecule has 4 rings (SSSR count). The van der Waals surface area contributed by atoms with Gasteiger partial charge in [0.1, 0.15) is 0 Å². The van der Waals surface area contributed by atoms with Gasteiger partial charge in [0.25, 0.3) is 0 Å². The summed E-state index contributed by atoms with van der Waals surface area (Å²) in [6.07, 6.45) is 7.79. The molecular weight excluding hydrogens is 398 g/mol. The van der Waals surface area contributed by atoms with E-state index in [1.807, 2.05) is 26.0 Å². The van der Waals surface area contributed by atoms with Crippen LogP contribution < -0.4 is 4.90 Å². The third kappa shape index (κ3) is 4.88. The molecule has 2 aliphatic heterocycles. The number of hydrogen-bond acceptors (Lipinski definition) is 4. The fourth-order valence-electron chi connectivity index (χ4n) is 6.16. The van der Waals surface area contributed by atoms with Crippen LogP contribution in [0.3, 0.4) is 0 Å². The average molecular weight is 440 g/mol. The van der Waals surface area contributed by atoms with E-state index in [0.717, 1.165) is 55.1 Å². The van der Waals surface area contributed by atoms with E-state index in [4.69, 9.17) is 10.1 Å². The van der Waals surface area contributed by atoms with E-state index in [9.17, 15) is 4.79 Å². The third-order valence-electron chi connectivity index (χ3n) is 7.94. The van der Waals surface area contributed by atoms with Gasteiger partial charge >= 0.3 is 0 Å². The number of carbonyl (C=O) groups excluding carboxylic acids is 1. The van der Waals surface area contributed by atoms with Gasteiger partial charge in [0.2, 0.25) is 5.91 Å². The van der Waals surface area contributed by atoms with Gasteiger partial charge < -0.3 is 14.5 Å². The molecule has 3 aliphatic rings. The lowest BCUT2D eigenvalue weighted by atomic mass is 9.79. The van der Waals surface area contributed by atoms with Gasteiger partial charge in [0.05, 0.1) is 12.0 Å². The molecule has 1 unspecified atom stereocenters. The summed E-state index contributed by atoms with van der Waals surface area (Å²) in [6, 6.07) is 9.17. The van der Waals surface area contributed by atoms with Crippen LogP contribution in [0.25, 0.3) is 0 Å². The Kier molecular flexibility index (Phi) is 7.24. The van der Waals surface area contributed by atoms with E-state index in [2.05, 4.69) is 35.8 Å². The van der Waals surface area contributed by atoms with Crippen LogP contribution in [-0.2, 0) is 9.53 Å². The highest BCUT2D eigenvalue weighted by Crippen LogP contribution is 2.42. The number of nitrogens with zero attached hydrogens (tertiary/aromatic N) is 2. The van der Waals surface area contributed by atoms with Gasteiger partial charge in [0, 0.05) is 37.3 Å². The van der Waals surface area contributed by atoms with Crippen molar-refractivity contribution in [1.82, 2.24) is 4.90 Å². The maximum absolute atomic E-state index is 13.5. The first-order valence-electron chi connectivity index (χ1n) is 12.7. The Bertz CT molecular complexity index is 805. The molecule has 1 amide bonds. The first-order chi connectivity index (χ1) is 15.3. The van der Waals surface area contributed by atoms with Gasteiger partial charge in [-0.3, -0.25) is 10.2 Å². The summed E-state index contributed by atoms with van der Waals surface area (Å²) in [5.74, 6) is 1.78. The summed E-state index contributed by atoms with van der Waals surface area (Å²) >= 11 is 0. The van der Waals surface area contributed by atoms with Crippen molar-refractivity contribution in [2.45, 2.75) is 96.7 Å². The Balaban J connectivity index is 1.39. The van der Waals surface area contributed by atoms with Crippen molar-refractivity contribution in [2.24, 2.45) is 11.8 Å². The number of carbonyl (C=O) groups is 1. The summed E-state index contributed by atoms with van der Waals surface area (Å²) in [5, 5.41) is 8.21. The molecule has 2 fully saturated rings. The molecule has 1 aliphatic carbocycles. The third-order valence-corrected chi connectivity index (χ3v) is 7.94. The number of rotatable bonds is 6. The number of amides is 1. The zero-order valence-corrected chi connectivity index (χ0v) is 20.3. The Morgan fingerprint density at radius 2 is 1.66 bits per heavy atom. The van der Waals surface area contributed by atoms with E-state index in [1.165, 1.54) is 25.7 Å². The lowest BCUT2D eigenvalue weighted by molar-refractivity contribution is -0.120. The standard InChI is InChI=1S/C27H41N3O2/c1-18(2)20-9-11-21(12-10-20)29-15-13-22(14-16-29)30-25-8-6-5-7-23(25)24(27(30)31)17-26(28)32-19(3)4/h5-8,18-22,24,28H,9-17H2,1-4H3. The summed E-state index contributed by atoms with van der Waals surface area (Å²) in [5.41, 5.74) is 2.11. The summed E-state index contributed by atoms with van der Waals surface area (Å²) in [7, 11) is 0. The largest absolute Gasteiger partial charge is 0.478 e. The molecule has 0 bridgehead atoms. The molecule has 1 saturated carbocycles. The van der Waals surface area contributed by atoms with Crippen molar-refractivity contribution in [3.8, 4) is 0 Å². The maximum Gasteiger partial charge on any atom is 0.235 e. The van der Waals surface area contributed by atoms with Crippen LogP contribution in [-0.4, -0.2) is 48.0 Å². The molecule has 1 N–H and O–H groups in total. The van der Waals surface area contributed by atoms with Gasteiger partial charge in [0.15, 0.2) is 5.90 Å². The van der Waals surface area contributed by atoms with Crippen molar-refractivity contribution in [3.63, 3.8) is 0 Å². The SMILES string of the molecule is CC(C)OC(=N)CC1C(=O)N(C2CCN(C3CCC(C(C)C)CC3)CC2)c2ccccc21. The lowest BCUT2D eigenvalue weighted by Gasteiger charge is -2.43. The molecule has 1 aromatic carbocycles. The first kappa shape index (κ1) is 23.3. The zero-order valence-electron chi connectivity index (χ0n) is 20.3. The van der Waals surface area contributed by atoms with E-state index < -0.39 is 0 Å². The normalized spacial score (nSPS) is 27.2. The Labute approximate surface area is 194 Å². The number of likely N-dealkylation sites (tertiary alicyclic amines) is 1. The van der Waals surface area contributed by atoms with Crippen molar-refractivity contribution in [3.05, 3.63) is 29.8 Å². The molecular formula is C27H41N3O2. The van der Waals surface area contributed by atoms with Crippen LogP contribution in [0.1, 0.15) is 84.1 Å². The minimum absolute atomic E-state index is 0.0368. The predicted molar refractivity (Wildman–Crippen MR) is 130 cm³/mol. The Morgan fingerprint density at radius 3 is 2.28 bits per heavy atom. The smallest absolute Gasteiger partial charge is 0.235 e. The highest BCUT2D eigenvalue weighted by Gasteiger charge is 2.42. The molecule has 1 atom stereocenters. The number of ether oxygens (including phenoxy) is 1. The fourth-order valence-corrected chi connectivity index (χ4v) is 6.16. The summed E-state index contributed by atoms with van der Waals surface area (Å²) in [4.78, 5) is 18.3. The fraction of sp³-hybridized carbons (Fsp3) is 0.704. The quantitative estimate of drug-likeness (QED) is 0.464. The van der Waals surface area contributed by atoms with Crippen molar-refractivity contribution in [2.75, 3.05) is 18.0 Å². The number of hydrogen-bond donors (Lipinski definition) is 1. The number of anilines is 1. The molecule has 176 valence electrons. The number of benzene rings is 1. The van der Waals surface area contributed by atoms with Crippen molar-refractivity contribution in [1.29, 1.82) is 5.41 Å². The van der Waals surface area contributed by atoms with E-state index in [1.54, 1.807) is 0 Å². The molecule has 1 saturated heterocycles. The van der Waals surface area contributed by atoms with E-state index in [0.29, 0.717) is 6.42 Å². The number of nitrogens with one attached hydrogen (secondary N) is 1. The minimum atomic E-state index is -0.290. The molecule has 0 spiro atoms. The topological polar surface area (TPSA) is 56.6 Å². The second-order valence-electron chi connectivity index (χ2n) is 10.7. The van der Waals surface area contributed by atoms with Crippen LogP contribution in [0.15, 0.2) is 24.3 Å². The van der Waals surface area contributed by atoms with Crippen molar-refractivity contribution >= 4 is 17.5 Å². The maximum atomic E-state index is 13.5. The number of fused-ring (bicyclic) bond motifs is 1. The molecule has 5 heteroatoms. The highest BCUT2D eigenvalue weighted by molar-refractivity contribution is 6.07. The van der Waals surface area contributed by atoms with E-state index >= 15 is 0 Å². The second-order valence-corrected chi connectivity index (χ2v) is 10.7. The number of para-hydroxylation sites is 1. The first-order valence-corrected chi connectivity index (χ1v) is 12.7. The van der Waals surface area contributed by atoms with E-state index in [-0.39, 0.29) is 29.9 Å². The Hall–Kier alpha value is -1.88. The predicted octanol–water partition coefficient (Wildman–Crippen LogP) is 5.59. The monoisotopic (exact) mass is 439 g/mol. The van der Waals surface area contributed by atoms with Crippen LogP contribution in [0.5, 0.6) is 0 Å². The van der Waals surface area contributed by atoms with Crippen LogP contribution in [0.2, 0.25) is 0 Å². The molecule has 0 radical (unpaired) electrons. The molecule has 0 aromatic heterocycles. The van der Waals surface area contributed by atoms with Gasteiger partial charge in [-0.1, -0.05) is 32.0 Å². The van der Waals surface area contributed by atoms with Gasteiger partial charge in [-0.15, -0.1) is 0 Å². The molecule has 32 heavy (non-hydrogen) atoms.